The average molecular weight is 236 g/mol. The summed E-state index contributed by atoms with van der Waals surface area (Å²) in [7, 11) is 1.60. The van der Waals surface area contributed by atoms with Gasteiger partial charge >= 0.3 is 6.03 Å². The number of nitrogens with one attached hydrogen (secondary N) is 2. The van der Waals surface area contributed by atoms with E-state index in [0.29, 0.717) is 0 Å². The molecule has 0 saturated carbocycles. The lowest BCUT2D eigenvalue weighted by atomic mass is 10.2. The molecule has 0 fully saturated rings. The largest absolute Gasteiger partial charge is 0.497 e. The number of carbonyl (C=O) groups is 1. The second-order valence-electron chi connectivity index (χ2n) is 3.84. The van der Waals surface area contributed by atoms with E-state index in [0.717, 1.165) is 24.3 Å². The highest BCUT2D eigenvalue weighted by Gasteiger charge is 2.08. The fourth-order valence-electron chi connectivity index (χ4n) is 1.55. The Hall–Kier alpha value is -1.71. The Morgan fingerprint density at radius 3 is 2.65 bits per heavy atom. The second-order valence-corrected chi connectivity index (χ2v) is 3.84. The Morgan fingerprint density at radius 1 is 1.35 bits per heavy atom. The first-order chi connectivity index (χ1) is 8.19. The Bertz CT molecular complexity index is 362. The first-order valence-electron chi connectivity index (χ1n) is 5.91. The zero-order chi connectivity index (χ0) is 12.7. The second kappa shape index (κ2) is 6.78. The fourth-order valence-corrected chi connectivity index (χ4v) is 1.55. The Morgan fingerprint density at radius 2 is 2.06 bits per heavy atom. The summed E-state index contributed by atoms with van der Waals surface area (Å²) >= 11 is 0. The summed E-state index contributed by atoms with van der Waals surface area (Å²) in [6.45, 7) is 4.11. The molecular weight excluding hydrogens is 216 g/mol. The van der Waals surface area contributed by atoms with Gasteiger partial charge in [-0.05, 0) is 25.0 Å². The van der Waals surface area contributed by atoms with E-state index in [1.54, 1.807) is 13.2 Å². The van der Waals surface area contributed by atoms with Crippen LogP contribution in [-0.2, 0) is 0 Å². The number of ether oxygens (including phenoxy) is 1. The molecule has 1 aromatic rings. The molecule has 1 rings (SSSR count). The van der Waals surface area contributed by atoms with Crippen molar-refractivity contribution in [2.45, 2.75) is 32.7 Å². The van der Waals surface area contributed by atoms with Crippen LogP contribution in [0.5, 0.6) is 5.75 Å². The number of hydrogen-bond donors (Lipinski definition) is 2. The van der Waals surface area contributed by atoms with E-state index >= 15 is 0 Å². The fraction of sp³-hybridized carbons (Fsp3) is 0.462. The standard InChI is InChI=1S/C13H20N2O2/c1-4-10(5-2)14-13(16)15-11-7-6-8-12(9-11)17-3/h6-10H,4-5H2,1-3H3,(H2,14,15,16). The molecule has 0 heterocycles. The van der Waals surface area contributed by atoms with Crippen LogP contribution in [0.15, 0.2) is 24.3 Å². The van der Waals surface area contributed by atoms with Crippen molar-refractivity contribution in [3.8, 4) is 5.75 Å². The van der Waals surface area contributed by atoms with Gasteiger partial charge in [0.05, 0.1) is 7.11 Å². The molecule has 0 aliphatic rings. The van der Waals surface area contributed by atoms with Crippen LogP contribution in [-0.4, -0.2) is 19.2 Å². The molecule has 0 unspecified atom stereocenters. The predicted octanol–water partition coefficient (Wildman–Crippen LogP) is 3.01. The van der Waals surface area contributed by atoms with Crippen molar-refractivity contribution in [3.05, 3.63) is 24.3 Å². The highest BCUT2D eigenvalue weighted by molar-refractivity contribution is 5.89. The molecule has 0 bridgehead atoms. The number of anilines is 1. The van der Waals surface area contributed by atoms with Gasteiger partial charge in [0.2, 0.25) is 0 Å². The van der Waals surface area contributed by atoms with Gasteiger partial charge < -0.3 is 15.4 Å². The molecule has 2 amide bonds. The first kappa shape index (κ1) is 13.4. The SMILES string of the molecule is CCC(CC)NC(=O)Nc1cccc(OC)c1. The zero-order valence-electron chi connectivity index (χ0n) is 10.6. The van der Waals surface area contributed by atoms with Gasteiger partial charge in [0.25, 0.3) is 0 Å². The molecule has 0 aliphatic heterocycles. The smallest absolute Gasteiger partial charge is 0.319 e. The number of benzene rings is 1. The molecule has 4 heteroatoms. The van der Waals surface area contributed by atoms with Crippen LogP contribution in [0.3, 0.4) is 0 Å². The van der Waals surface area contributed by atoms with Gasteiger partial charge in [-0.15, -0.1) is 0 Å². The summed E-state index contributed by atoms with van der Waals surface area (Å²) < 4.78 is 5.09. The maximum absolute atomic E-state index is 11.7. The summed E-state index contributed by atoms with van der Waals surface area (Å²) in [6.07, 6.45) is 1.87. The van der Waals surface area contributed by atoms with Crippen molar-refractivity contribution in [2.24, 2.45) is 0 Å². The predicted molar refractivity (Wildman–Crippen MR) is 69.5 cm³/mol. The van der Waals surface area contributed by atoms with Crippen molar-refractivity contribution in [1.29, 1.82) is 0 Å². The average Bonchev–Trinajstić information content (AvgIpc) is 2.36. The molecule has 0 spiro atoms. The zero-order valence-corrected chi connectivity index (χ0v) is 10.6. The van der Waals surface area contributed by atoms with Gasteiger partial charge in [0, 0.05) is 17.8 Å². The van der Waals surface area contributed by atoms with E-state index in [1.165, 1.54) is 0 Å². The monoisotopic (exact) mass is 236 g/mol. The third-order valence-corrected chi connectivity index (χ3v) is 2.65. The van der Waals surface area contributed by atoms with E-state index in [4.69, 9.17) is 4.74 Å². The van der Waals surface area contributed by atoms with Crippen molar-refractivity contribution < 1.29 is 9.53 Å². The first-order valence-corrected chi connectivity index (χ1v) is 5.91. The van der Waals surface area contributed by atoms with Crippen LogP contribution in [0, 0.1) is 0 Å². The number of carbonyl (C=O) groups excluding carboxylic acids is 1. The van der Waals surface area contributed by atoms with Crippen molar-refractivity contribution in [2.75, 3.05) is 12.4 Å². The molecule has 17 heavy (non-hydrogen) atoms. The maximum Gasteiger partial charge on any atom is 0.319 e. The lowest BCUT2D eigenvalue weighted by molar-refractivity contribution is 0.247. The van der Waals surface area contributed by atoms with Gasteiger partial charge in [-0.1, -0.05) is 19.9 Å². The molecular formula is C13H20N2O2. The minimum atomic E-state index is -0.174. The van der Waals surface area contributed by atoms with Crippen LogP contribution in [0.1, 0.15) is 26.7 Å². The van der Waals surface area contributed by atoms with Crippen LogP contribution in [0.25, 0.3) is 0 Å². The number of hydrogen-bond acceptors (Lipinski definition) is 2. The number of amides is 2. The molecule has 0 aromatic heterocycles. The van der Waals surface area contributed by atoms with Crippen LogP contribution in [0.4, 0.5) is 10.5 Å². The molecule has 1 aromatic carbocycles. The minimum Gasteiger partial charge on any atom is -0.497 e. The van der Waals surface area contributed by atoms with Crippen molar-refractivity contribution >= 4 is 11.7 Å². The third kappa shape index (κ3) is 4.34. The maximum atomic E-state index is 11.7. The molecule has 0 atom stereocenters. The van der Waals surface area contributed by atoms with Crippen LogP contribution >= 0.6 is 0 Å². The van der Waals surface area contributed by atoms with Crippen LogP contribution in [0.2, 0.25) is 0 Å². The van der Waals surface area contributed by atoms with Gasteiger partial charge in [0.1, 0.15) is 5.75 Å². The molecule has 2 N–H and O–H groups in total. The lowest BCUT2D eigenvalue weighted by Crippen LogP contribution is -2.37. The van der Waals surface area contributed by atoms with Crippen molar-refractivity contribution in [1.82, 2.24) is 5.32 Å². The van der Waals surface area contributed by atoms with Gasteiger partial charge in [-0.3, -0.25) is 0 Å². The molecule has 4 nitrogen and oxygen atoms in total. The summed E-state index contributed by atoms with van der Waals surface area (Å²) in [5.41, 5.74) is 0.729. The number of methoxy groups -OCH3 is 1. The normalized spacial score (nSPS) is 10.1. The van der Waals surface area contributed by atoms with E-state index < -0.39 is 0 Å². The topological polar surface area (TPSA) is 50.4 Å². The minimum absolute atomic E-state index is 0.174. The number of rotatable bonds is 5. The van der Waals surface area contributed by atoms with Crippen LogP contribution < -0.4 is 15.4 Å². The van der Waals surface area contributed by atoms with E-state index in [2.05, 4.69) is 24.5 Å². The molecule has 0 saturated heterocycles. The molecule has 94 valence electrons. The Kier molecular flexibility index (Phi) is 5.33. The van der Waals surface area contributed by atoms with E-state index in [-0.39, 0.29) is 12.1 Å². The Labute approximate surface area is 102 Å². The summed E-state index contributed by atoms with van der Waals surface area (Å²) in [5.74, 6) is 0.727. The van der Waals surface area contributed by atoms with Gasteiger partial charge in [-0.25, -0.2) is 4.79 Å². The molecule has 0 radical (unpaired) electrons. The summed E-state index contributed by atoms with van der Waals surface area (Å²) in [4.78, 5) is 11.7. The Balaban J connectivity index is 2.55. The highest BCUT2D eigenvalue weighted by Crippen LogP contribution is 2.16. The van der Waals surface area contributed by atoms with E-state index in [1.807, 2.05) is 18.2 Å². The lowest BCUT2D eigenvalue weighted by Gasteiger charge is -2.15. The van der Waals surface area contributed by atoms with Gasteiger partial charge in [-0.2, -0.15) is 0 Å². The van der Waals surface area contributed by atoms with E-state index in [9.17, 15) is 4.79 Å². The summed E-state index contributed by atoms with van der Waals surface area (Å²) in [6, 6.07) is 7.34. The highest BCUT2D eigenvalue weighted by atomic mass is 16.5. The number of urea groups is 1. The van der Waals surface area contributed by atoms with Crippen molar-refractivity contribution in [3.63, 3.8) is 0 Å². The quantitative estimate of drug-likeness (QED) is 0.825. The van der Waals surface area contributed by atoms with Gasteiger partial charge in [0.15, 0.2) is 0 Å². The third-order valence-electron chi connectivity index (χ3n) is 2.65. The molecule has 0 aliphatic carbocycles. The summed E-state index contributed by atoms with van der Waals surface area (Å²) in [5, 5.41) is 5.70.